The molecule has 2 nitrogen and oxygen atoms in total. The Labute approximate surface area is 98.0 Å². The van der Waals surface area contributed by atoms with Crippen LogP contribution >= 0.6 is 11.3 Å². The van der Waals surface area contributed by atoms with E-state index in [0.29, 0.717) is 0 Å². The molecule has 1 aliphatic carbocycles. The van der Waals surface area contributed by atoms with Gasteiger partial charge >= 0.3 is 0 Å². The second-order valence-corrected chi connectivity index (χ2v) is 5.35. The molecular weight excluding hydrogens is 218 g/mol. The molecule has 1 heterocycles. The summed E-state index contributed by atoms with van der Waals surface area (Å²) in [5.41, 5.74) is 2.03. The molecule has 16 heavy (non-hydrogen) atoms. The molecule has 0 N–H and O–H groups in total. The van der Waals surface area contributed by atoms with Crippen molar-refractivity contribution >= 4 is 17.1 Å². The van der Waals surface area contributed by atoms with E-state index in [2.05, 4.69) is 4.98 Å². The number of carbonyl (C=O) groups is 1. The van der Waals surface area contributed by atoms with E-state index in [1.165, 1.54) is 4.88 Å². The van der Waals surface area contributed by atoms with Gasteiger partial charge in [-0.2, -0.15) is 0 Å². The number of hydrogen-bond acceptors (Lipinski definition) is 3. The van der Waals surface area contributed by atoms with Gasteiger partial charge < -0.3 is 0 Å². The van der Waals surface area contributed by atoms with Gasteiger partial charge in [-0.05, 0) is 18.9 Å². The van der Waals surface area contributed by atoms with Crippen molar-refractivity contribution in [1.82, 2.24) is 4.98 Å². The quantitative estimate of drug-likeness (QED) is 0.752. The third-order valence-corrected chi connectivity index (χ3v) is 3.99. The van der Waals surface area contributed by atoms with E-state index in [0.717, 1.165) is 22.6 Å². The van der Waals surface area contributed by atoms with Crippen LogP contribution in [0.25, 0.3) is 0 Å². The minimum Gasteiger partial charge on any atom is -0.293 e. The summed E-state index contributed by atoms with van der Waals surface area (Å²) in [4.78, 5) is 17.7. The molecule has 3 heteroatoms. The smallest absolute Gasteiger partial charge is 0.173 e. The average molecular weight is 229 g/mol. The second kappa shape index (κ2) is 3.52. The summed E-state index contributed by atoms with van der Waals surface area (Å²) in [5.74, 6) is 0.182. The van der Waals surface area contributed by atoms with Crippen molar-refractivity contribution in [3.63, 3.8) is 0 Å². The number of ketones is 1. The predicted molar refractivity (Wildman–Crippen MR) is 64.1 cm³/mol. The normalized spacial score (nSPS) is 18.8. The molecule has 0 amide bonds. The van der Waals surface area contributed by atoms with Gasteiger partial charge in [-0.1, -0.05) is 24.3 Å². The topological polar surface area (TPSA) is 30.0 Å². The third-order valence-electron chi connectivity index (χ3n) is 2.96. The first-order valence-corrected chi connectivity index (χ1v) is 6.12. The molecule has 1 unspecified atom stereocenters. The first kappa shape index (κ1) is 9.73. The summed E-state index contributed by atoms with van der Waals surface area (Å²) < 4.78 is 0. The number of hydrogen-bond donors (Lipinski definition) is 0. The van der Waals surface area contributed by atoms with Gasteiger partial charge in [0.25, 0.3) is 0 Å². The molecule has 2 aromatic rings. The highest BCUT2D eigenvalue weighted by molar-refractivity contribution is 7.11. The van der Waals surface area contributed by atoms with E-state index in [1.807, 2.05) is 37.4 Å². The number of benzene rings is 1. The molecule has 1 aliphatic rings. The van der Waals surface area contributed by atoms with E-state index in [1.54, 1.807) is 11.3 Å². The highest BCUT2D eigenvalue weighted by Crippen LogP contribution is 2.35. The lowest BCUT2D eigenvalue weighted by Gasteiger charge is -2.01. The number of rotatable bonds is 1. The Morgan fingerprint density at radius 3 is 2.88 bits per heavy atom. The lowest BCUT2D eigenvalue weighted by Crippen LogP contribution is -2.06. The van der Waals surface area contributed by atoms with Gasteiger partial charge in [-0.25, -0.2) is 4.98 Å². The maximum Gasteiger partial charge on any atom is 0.173 e. The van der Waals surface area contributed by atoms with Crippen molar-refractivity contribution in [1.29, 1.82) is 0 Å². The molecule has 0 saturated carbocycles. The van der Waals surface area contributed by atoms with Gasteiger partial charge in [-0.3, -0.25) is 4.79 Å². The molecule has 0 saturated heterocycles. The van der Waals surface area contributed by atoms with E-state index in [9.17, 15) is 4.79 Å². The summed E-state index contributed by atoms with van der Waals surface area (Å²) in [6.45, 7) is 2.02. The van der Waals surface area contributed by atoms with E-state index in [4.69, 9.17) is 0 Å². The lowest BCUT2D eigenvalue weighted by molar-refractivity contribution is 0.0973. The molecule has 0 spiro atoms. The summed E-state index contributed by atoms with van der Waals surface area (Å²) in [5, 5.41) is 0.957. The van der Waals surface area contributed by atoms with Gasteiger partial charge in [0, 0.05) is 16.6 Å². The summed E-state index contributed by atoms with van der Waals surface area (Å²) >= 11 is 1.63. The molecule has 0 fully saturated rings. The monoisotopic (exact) mass is 229 g/mol. The van der Waals surface area contributed by atoms with Crippen molar-refractivity contribution in [2.45, 2.75) is 19.3 Å². The molecular formula is C13H11NOS. The molecule has 0 aliphatic heterocycles. The van der Waals surface area contributed by atoms with Crippen LogP contribution in [-0.2, 0) is 6.42 Å². The largest absolute Gasteiger partial charge is 0.293 e. The van der Waals surface area contributed by atoms with Crippen LogP contribution in [0.4, 0.5) is 0 Å². The highest BCUT2D eigenvalue weighted by atomic mass is 32.1. The molecule has 0 bridgehead atoms. The van der Waals surface area contributed by atoms with E-state index >= 15 is 0 Å². The summed E-state index contributed by atoms with van der Waals surface area (Å²) in [6.07, 6.45) is 2.65. The Morgan fingerprint density at radius 1 is 1.38 bits per heavy atom. The van der Waals surface area contributed by atoms with Crippen molar-refractivity contribution in [2.75, 3.05) is 0 Å². The summed E-state index contributed by atoms with van der Waals surface area (Å²) in [6, 6.07) is 7.86. The fourth-order valence-electron chi connectivity index (χ4n) is 2.17. The van der Waals surface area contributed by atoms with Gasteiger partial charge in [0.1, 0.15) is 5.01 Å². The molecule has 1 aromatic carbocycles. The van der Waals surface area contributed by atoms with Crippen molar-refractivity contribution in [2.24, 2.45) is 0 Å². The average Bonchev–Trinajstić information content (AvgIpc) is 2.84. The first-order valence-electron chi connectivity index (χ1n) is 5.30. The minimum absolute atomic E-state index is 0.0453. The lowest BCUT2D eigenvalue weighted by atomic mass is 10.1. The fraction of sp³-hybridized carbons (Fsp3) is 0.231. The van der Waals surface area contributed by atoms with Crippen LogP contribution in [0.3, 0.4) is 0 Å². The maximum atomic E-state index is 12.2. The molecule has 1 aromatic heterocycles. The number of aryl methyl sites for hydroxylation is 1. The number of nitrogens with zero attached hydrogens (tertiary/aromatic N) is 1. The Morgan fingerprint density at radius 2 is 2.19 bits per heavy atom. The standard InChI is InChI=1S/C13H11NOS/c1-8-7-14-13(16-8)11-6-9-4-2-3-5-10(9)12(11)15/h2-5,7,11H,6H2,1H3. The van der Waals surface area contributed by atoms with Crippen LogP contribution in [0.15, 0.2) is 30.5 Å². The second-order valence-electron chi connectivity index (χ2n) is 4.09. The van der Waals surface area contributed by atoms with Crippen molar-refractivity contribution in [3.05, 3.63) is 51.5 Å². The number of Topliss-reactive ketones (excluding diaryl/α,β-unsaturated/α-hetero) is 1. The number of fused-ring (bicyclic) bond motifs is 1. The van der Waals surface area contributed by atoms with Crippen molar-refractivity contribution in [3.8, 4) is 0 Å². The predicted octanol–water partition coefficient (Wildman–Crippen LogP) is 2.97. The SMILES string of the molecule is Cc1cnc(C2Cc3ccccc3C2=O)s1. The summed E-state index contributed by atoms with van der Waals surface area (Å²) in [7, 11) is 0. The molecule has 1 atom stereocenters. The van der Waals surface area contributed by atoms with Gasteiger partial charge in [0.05, 0.1) is 5.92 Å². The highest BCUT2D eigenvalue weighted by Gasteiger charge is 2.32. The Hall–Kier alpha value is -1.48. The molecule has 0 radical (unpaired) electrons. The van der Waals surface area contributed by atoms with Crippen LogP contribution in [0.2, 0.25) is 0 Å². The van der Waals surface area contributed by atoms with Gasteiger partial charge in [-0.15, -0.1) is 11.3 Å². The van der Waals surface area contributed by atoms with Crippen LogP contribution in [0, 0.1) is 6.92 Å². The molecule has 3 rings (SSSR count). The Kier molecular flexibility index (Phi) is 2.14. The number of aromatic nitrogens is 1. The van der Waals surface area contributed by atoms with Crippen molar-refractivity contribution < 1.29 is 4.79 Å². The fourth-order valence-corrected chi connectivity index (χ4v) is 3.05. The minimum atomic E-state index is -0.0453. The van der Waals surface area contributed by atoms with E-state index in [-0.39, 0.29) is 11.7 Å². The zero-order valence-electron chi connectivity index (χ0n) is 8.93. The first-order chi connectivity index (χ1) is 7.75. The van der Waals surface area contributed by atoms with Crippen LogP contribution in [0.5, 0.6) is 0 Å². The van der Waals surface area contributed by atoms with Crippen LogP contribution in [0.1, 0.15) is 31.7 Å². The number of carbonyl (C=O) groups excluding carboxylic acids is 1. The Balaban J connectivity index is 2.01. The van der Waals surface area contributed by atoms with Crippen LogP contribution < -0.4 is 0 Å². The number of thiazole rings is 1. The van der Waals surface area contributed by atoms with E-state index < -0.39 is 0 Å². The third kappa shape index (κ3) is 1.39. The van der Waals surface area contributed by atoms with Gasteiger partial charge in [0.15, 0.2) is 5.78 Å². The zero-order valence-corrected chi connectivity index (χ0v) is 9.75. The maximum absolute atomic E-state index is 12.2. The molecule has 80 valence electrons. The van der Waals surface area contributed by atoms with Crippen LogP contribution in [-0.4, -0.2) is 10.8 Å². The van der Waals surface area contributed by atoms with Gasteiger partial charge in [0.2, 0.25) is 0 Å². The zero-order chi connectivity index (χ0) is 11.1. The Bertz CT molecular complexity index is 559.